The number of fused-ring (bicyclic) bond motifs is 2. The lowest BCUT2D eigenvalue weighted by Crippen LogP contribution is -2.64. The first-order chi connectivity index (χ1) is 13.5. The summed E-state index contributed by atoms with van der Waals surface area (Å²) in [5.41, 5.74) is 1.04. The quantitative estimate of drug-likeness (QED) is 0.677. The predicted molar refractivity (Wildman–Crippen MR) is 106 cm³/mol. The molecule has 0 unspecified atom stereocenters. The van der Waals surface area contributed by atoms with Crippen molar-refractivity contribution in [1.29, 1.82) is 0 Å². The molecule has 10 heteroatoms. The Balaban J connectivity index is 0.000000438. The van der Waals surface area contributed by atoms with Gasteiger partial charge in [-0.25, -0.2) is 14.6 Å². The number of carboxylic acid groups (broad SMARTS) is 2. The van der Waals surface area contributed by atoms with Gasteiger partial charge in [0.2, 0.25) is 5.91 Å². The minimum Gasteiger partial charge on any atom is -0.473 e. The number of hydrogen-bond donors (Lipinski definition) is 2. The molecule has 2 aliphatic heterocycles. The predicted octanol–water partition coefficient (Wildman–Crippen LogP) is 0.281. The Hall–Kier alpha value is -2.75. The summed E-state index contributed by atoms with van der Waals surface area (Å²) in [7, 11) is 2.00. The topological polar surface area (TPSA) is 127 Å². The molecule has 160 valence electrons. The highest BCUT2D eigenvalue weighted by Crippen LogP contribution is 2.44. The van der Waals surface area contributed by atoms with Gasteiger partial charge in [-0.15, -0.1) is 0 Å². The van der Waals surface area contributed by atoms with Crippen molar-refractivity contribution in [2.75, 3.05) is 38.1 Å². The third kappa shape index (κ3) is 4.81. The maximum absolute atomic E-state index is 12.4. The van der Waals surface area contributed by atoms with Crippen LogP contribution in [0.3, 0.4) is 0 Å². The number of anilines is 1. The van der Waals surface area contributed by atoms with Crippen LogP contribution in [0.4, 0.5) is 5.82 Å². The molecule has 0 bridgehead atoms. The molecule has 1 spiro atoms. The van der Waals surface area contributed by atoms with Crippen LogP contribution >= 0.6 is 0 Å². The van der Waals surface area contributed by atoms with Crippen LogP contribution in [0.1, 0.15) is 33.4 Å². The zero-order valence-corrected chi connectivity index (χ0v) is 17.5. The van der Waals surface area contributed by atoms with E-state index in [1.54, 1.807) is 12.4 Å². The number of carbonyl (C=O) groups excluding carboxylic acids is 1. The summed E-state index contributed by atoms with van der Waals surface area (Å²) in [6, 6.07) is 0.769. The molecule has 0 aliphatic carbocycles. The highest BCUT2D eigenvalue weighted by molar-refractivity contribution is 6.27. The molecule has 1 fully saturated rings. The molecule has 1 saturated heterocycles. The van der Waals surface area contributed by atoms with Crippen molar-refractivity contribution in [1.82, 2.24) is 19.8 Å². The number of aliphatic carboxylic acids is 2. The fourth-order valence-electron chi connectivity index (χ4n) is 3.42. The SMILES string of the molecule is CC(C)N(C)CC(=O)N1CC2(C1)CN(C(C)C)c1nccnc12.O=C(O)C(=O)O. The van der Waals surface area contributed by atoms with Crippen LogP contribution in [0.15, 0.2) is 12.4 Å². The van der Waals surface area contributed by atoms with Crippen molar-refractivity contribution in [2.24, 2.45) is 0 Å². The number of aromatic nitrogens is 2. The standard InChI is InChI=1S/C17H27N5O.C2H2O4/c1-12(2)20(5)8-14(23)21-9-17(10-21)11-22(13(3)4)16-15(17)18-6-7-19-16;3-1(4)2(5)6/h6-7,12-13H,8-11H2,1-5H3;(H,3,4)(H,5,6). The van der Waals surface area contributed by atoms with Crippen molar-refractivity contribution in [2.45, 2.75) is 45.2 Å². The van der Waals surface area contributed by atoms with Crippen LogP contribution in [-0.4, -0.2) is 93.1 Å². The largest absolute Gasteiger partial charge is 0.473 e. The van der Waals surface area contributed by atoms with Gasteiger partial charge in [0.15, 0.2) is 5.82 Å². The molecule has 2 aliphatic rings. The molecule has 1 aromatic heterocycles. The third-order valence-corrected chi connectivity index (χ3v) is 5.34. The molecule has 0 aromatic carbocycles. The van der Waals surface area contributed by atoms with Crippen LogP contribution < -0.4 is 4.90 Å². The van der Waals surface area contributed by atoms with Gasteiger partial charge in [0.25, 0.3) is 0 Å². The fraction of sp³-hybridized carbons (Fsp3) is 0.632. The second-order valence-electron chi connectivity index (χ2n) is 8.10. The van der Waals surface area contributed by atoms with Crippen LogP contribution in [-0.2, 0) is 19.8 Å². The number of likely N-dealkylation sites (N-methyl/N-ethyl adjacent to an activating group) is 1. The van der Waals surface area contributed by atoms with Crippen molar-refractivity contribution >= 4 is 23.7 Å². The van der Waals surface area contributed by atoms with Crippen LogP contribution in [0, 0.1) is 0 Å². The monoisotopic (exact) mass is 407 g/mol. The van der Waals surface area contributed by atoms with Crippen LogP contribution in [0.2, 0.25) is 0 Å². The van der Waals surface area contributed by atoms with Gasteiger partial charge >= 0.3 is 11.9 Å². The van der Waals surface area contributed by atoms with E-state index in [1.807, 2.05) is 11.9 Å². The van der Waals surface area contributed by atoms with E-state index in [9.17, 15) is 4.79 Å². The molecular formula is C19H29N5O5. The summed E-state index contributed by atoms with van der Waals surface area (Å²) < 4.78 is 0. The smallest absolute Gasteiger partial charge is 0.414 e. The lowest BCUT2D eigenvalue weighted by Gasteiger charge is -2.48. The number of nitrogens with zero attached hydrogens (tertiary/aromatic N) is 5. The van der Waals surface area contributed by atoms with Crippen molar-refractivity contribution < 1.29 is 24.6 Å². The highest BCUT2D eigenvalue weighted by Gasteiger charge is 2.54. The van der Waals surface area contributed by atoms with E-state index in [0.717, 1.165) is 31.1 Å². The molecule has 0 atom stereocenters. The van der Waals surface area contributed by atoms with Crippen molar-refractivity contribution in [3.63, 3.8) is 0 Å². The average molecular weight is 407 g/mol. The lowest BCUT2D eigenvalue weighted by molar-refractivity contribution is -0.159. The highest BCUT2D eigenvalue weighted by atomic mass is 16.4. The molecule has 3 heterocycles. The molecule has 1 amide bonds. The van der Waals surface area contributed by atoms with E-state index < -0.39 is 11.9 Å². The van der Waals surface area contributed by atoms with E-state index in [2.05, 4.69) is 47.5 Å². The second kappa shape index (κ2) is 8.73. The molecule has 1 aromatic rings. The summed E-state index contributed by atoms with van der Waals surface area (Å²) in [5, 5.41) is 14.8. The summed E-state index contributed by atoms with van der Waals surface area (Å²) in [5.74, 6) is -2.45. The van der Waals surface area contributed by atoms with Gasteiger partial charge in [-0.05, 0) is 34.7 Å². The first-order valence-corrected chi connectivity index (χ1v) is 9.51. The van der Waals surface area contributed by atoms with Gasteiger partial charge in [0, 0.05) is 44.1 Å². The van der Waals surface area contributed by atoms with Gasteiger partial charge in [0.05, 0.1) is 17.7 Å². The van der Waals surface area contributed by atoms with Gasteiger partial charge in [-0.1, -0.05) is 0 Å². The van der Waals surface area contributed by atoms with E-state index in [1.165, 1.54) is 0 Å². The van der Waals surface area contributed by atoms with Gasteiger partial charge < -0.3 is 20.0 Å². The summed E-state index contributed by atoms with van der Waals surface area (Å²) in [4.78, 5) is 46.1. The van der Waals surface area contributed by atoms with E-state index in [-0.39, 0.29) is 11.3 Å². The van der Waals surface area contributed by atoms with Crippen LogP contribution in [0.25, 0.3) is 0 Å². The summed E-state index contributed by atoms with van der Waals surface area (Å²) in [6.07, 6.45) is 3.52. The lowest BCUT2D eigenvalue weighted by atomic mass is 9.78. The van der Waals surface area contributed by atoms with E-state index in [0.29, 0.717) is 18.6 Å². The van der Waals surface area contributed by atoms with E-state index >= 15 is 0 Å². The van der Waals surface area contributed by atoms with E-state index in [4.69, 9.17) is 19.8 Å². The maximum atomic E-state index is 12.4. The molecule has 3 rings (SSSR count). The third-order valence-electron chi connectivity index (χ3n) is 5.34. The van der Waals surface area contributed by atoms with Gasteiger partial charge in [-0.3, -0.25) is 14.7 Å². The first-order valence-electron chi connectivity index (χ1n) is 9.51. The number of rotatable bonds is 4. The number of carbonyl (C=O) groups is 3. The zero-order valence-electron chi connectivity index (χ0n) is 17.5. The molecule has 0 radical (unpaired) electrons. The first kappa shape index (κ1) is 22.5. The Kier molecular flexibility index (Phi) is 6.78. The second-order valence-corrected chi connectivity index (χ2v) is 8.10. The van der Waals surface area contributed by atoms with Gasteiger partial charge in [0.1, 0.15) is 0 Å². The summed E-state index contributed by atoms with van der Waals surface area (Å²) >= 11 is 0. The number of carboxylic acids is 2. The average Bonchev–Trinajstić information content (AvgIpc) is 2.96. The molecular weight excluding hydrogens is 378 g/mol. The Labute approximate surface area is 170 Å². The number of amides is 1. The van der Waals surface area contributed by atoms with Crippen LogP contribution in [0.5, 0.6) is 0 Å². The normalized spacial score (nSPS) is 16.6. The molecule has 2 N–H and O–H groups in total. The minimum atomic E-state index is -1.82. The zero-order chi connectivity index (χ0) is 21.9. The maximum Gasteiger partial charge on any atom is 0.414 e. The fourth-order valence-corrected chi connectivity index (χ4v) is 3.42. The molecule has 10 nitrogen and oxygen atoms in total. The Bertz CT molecular complexity index is 764. The minimum absolute atomic E-state index is 0.0279. The Morgan fingerprint density at radius 2 is 1.62 bits per heavy atom. The Morgan fingerprint density at radius 1 is 1.07 bits per heavy atom. The van der Waals surface area contributed by atoms with Gasteiger partial charge in [-0.2, -0.15) is 0 Å². The molecule has 0 saturated carbocycles. The molecule has 29 heavy (non-hydrogen) atoms. The van der Waals surface area contributed by atoms with Crippen molar-refractivity contribution in [3.8, 4) is 0 Å². The Morgan fingerprint density at radius 3 is 2.10 bits per heavy atom. The number of likely N-dealkylation sites (tertiary alicyclic amines) is 1. The number of hydrogen-bond acceptors (Lipinski definition) is 7. The van der Waals surface area contributed by atoms with Crippen molar-refractivity contribution in [3.05, 3.63) is 18.1 Å². The summed E-state index contributed by atoms with van der Waals surface area (Å²) in [6.45, 7) is 11.5.